The first-order valence-corrected chi connectivity index (χ1v) is 10.6. The maximum absolute atomic E-state index is 12.3. The van der Waals surface area contributed by atoms with Crippen LogP contribution in [0, 0.1) is 0 Å². The largest absolute Gasteiger partial charge is 0.497 e. The summed E-state index contributed by atoms with van der Waals surface area (Å²) in [5.41, 5.74) is 9.39. The molecule has 0 fully saturated rings. The Hall–Kier alpha value is -3.66. The van der Waals surface area contributed by atoms with Gasteiger partial charge in [0.2, 0.25) is 0 Å². The van der Waals surface area contributed by atoms with Crippen molar-refractivity contribution in [2.24, 2.45) is 5.73 Å². The lowest BCUT2D eigenvalue weighted by molar-refractivity contribution is 0.0920. The molecule has 34 heavy (non-hydrogen) atoms. The van der Waals surface area contributed by atoms with Gasteiger partial charge in [-0.15, -0.1) is 12.4 Å². The van der Waals surface area contributed by atoms with Crippen LogP contribution in [0.5, 0.6) is 5.75 Å². The van der Waals surface area contributed by atoms with Gasteiger partial charge in [0.05, 0.1) is 32.2 Å². The monoisotopic (exact) mass is 482 g/mol. The van der Waals surface area contributed by atoms with E-state index in [1.807, 2.05) is 53.2 Å². The molecule has 4 N–H and O–H groups in total. The summed E-state index contributed by atoms with van der Waals surface area (Å²) in [5, 5.41) is 6.10. The second kappa shape index (κ2) is 12.0. The van der Waals surface area contributed by atoms with Gasteiger partial charge in [0, 0.05) is 42.3 Å². The van der Waals surface area contributed by atoms with E-state index in [4.69, 9.17) is 15.2 Å². The van der Waals surface area contributed by atoms with Gasteiger partial charge in [0.15, 0.2) is 11.5 Å². The van der Waals surface area contributed by atoms with E-state index in [0.717, 1.165) is 22.7 Å². The number of halogens is 1. The molecule has 0 radical (unpaired) electrons. The predicted molar refractivity (Wildman–Crippen MR) is 134 cm³/mol. The first-order valence-electron chi connectivity index (χ1n) is 10.6. The molecular weight excluding hydrogens is 456 g/mol. The number of carbonyl (C=O) groups excluding carboxylic acids is 1. The van der Waals surface area contributed by atoms with Crippen LogP contribution in [-0.2, 0) is 4.74 Å². The molecule has 9 nitrogen and oxygen atoms in total. The molecule has 10 heteroatoms. The summed E-state index contributed by atoms with van der Waals surface area (Å²) in [4.78, 5) is 21.3. The Kier molecular flexibility index (Phi) is 8.80. The van der Waals surface area contributed by atoms with E-state index in [1.54, 1.807) is 25.4 Å². The third kappa shape index (κ3) is 5.82. The average Bonchev–Trinajstić information content (AvgIpc) is 3.29. The number of benzene rings is 2. The molecule has 178 valence electrons. The van der Waals surface area contributed by atoms with Gasteiger partial charge in [-0.2, -0.15) is 0 Å². The van der Waals surface area contributed by atoms with Crippen LogP contribution >= 0.6 is 12.4 Å². The summed E-state index contributed by atoms with van der Waals surface area (Å²) in [6, 6.07) is 15.0. The highest BCUT2D eigenvalue weighted by atomic mass is 35.5. The fraction of sp³-hybridized carbons (Fsp3) is 0.208. The number of fused-ring (bicyclic) bond motifs is 1. The Labute approximate surface area is 203 Å². The van der Waals surface area contributed by atoms with Crippen molar-refractivity contribution in [2.75, 3.05) is 38.7 Å². The van der Waals surface area contributed by atoms with Crippen LogP contribution in [0.15, 0.2) is 67.1 Å². The minimum Gasteiger partial charge on any atom is -0.497 e. The topological polar surface area (TPSA) is 116 Å². The number of amides is 1. The predicted octanol–water partition coefficient (Wildman–Crippen LogP) is 3.28. The molecule has 2 aromatic carbocycles. The summed E-state index contributed by atoms with van der Waals surface area (Å²) in [6.07, 6.45) is 5.41. The first-order chi connectivity index (χ1) is 16.2. The van der Waals surface area contributed by atoms with Crippen molar-refractivity contribution in [1.29, 1.82) is 0 Å². The minimum absolute atomic E-state index is 0. The second-order valence-electron chi connectivity index (χ2n) is 7.20. The van der Waals surface area contributed by atoms with Crippen LogP contribution in [0.3, 0.4) is 0 Å². The molecule has 0 aliphatic rings. The Morgan fingerprint density at radius 3 is 2.53 bits per heavy atom. The molecule has 0 unspecified atom stereocenters. The van der Waals surface area contributed by atoms with Crippen molar-refractivity contribution >= 4 is 35.5 Å². The number of methoxy groups -OCH3 is 1. The van der Waals surface area contributed by atoms with Gasteiger partial charge >= 0.3 is 0 Å². The van der Waals surface area contributed by atoms with Gasteiger partial charge in [-0.1, -0.05) is 0 Å². The maximum Gasteiger partial charge on any atom is 0.251 e. The number of aromatic nitrogens is 3. The average molecular weight is 483 g/mol. The van der Waals surface area contributed by atoms with Crippen molar-refractivity contribution < 1.29 is 14.3 Å². The van der Waals surface area contributed by atoms with Gasteiger partial charge < -0.3 is 25.8 Å². The van der Waals surface area contributed by atoms with Crippen LogP contribution in [0.1, 0.15) is 10.4 Å². The van der Waals surface area contributed by atoms with E-state index in [1.165, 1.54) is 0 Å². The number of carbonyl (C=O) groups is 1. The number of nitrogens with zero attached hydrogens (tertiary/aromatic N) is 3. The van der Waals surface area contributed by atoms with Gasteiger partial charge in [-0.25, -0.2) is 9.97 Å². The zero-order chi connectivity index (χ0) is 23.0. The van der Waals surface area contributed by atoms with E-state index in [0.29, 0.717) is 43.3 Å². The van der Waals surface area contributed by atoms with Gasteiger partial charge in [0.1, 0.15) is 5.75 Å². The Balaban J connectivity index is 0.00000324. The van der Waals surface area contributed by atoms with Gasteiger partial charge in [-0.3, -0.25) is 9.20 Å². The normalized spacial score (nSPS) is 10.5. The van der Waals surface area contributed by atoms with Gasteiger partial charge in [-0.05, 0) is 48.5 Å². The summed E-state index contributed by atoms with van der Waals surface area (Å²) >= 11 is 0. The zero-order valence-electron chi connectivity index (χ0n) is 18.7. The van der Waals surface area contributed by atoms with Crippen molar-refractivity contribution in [3.8, 4) is 17.0 Å². The fourth-order valence-corrected chi connectivity index (χ4v) is 3.35. The molecule has 0 saturated heterocycles. The molecule has 2 heterocycles. The van der Waals surface area contributed by atoms with Crippen LogP contribution in [-0.4, -0.2) is 53.7 Å². The molecule has 0 bridgehead atoms. The SMILES string of the molecule is COc1ccc(-c2cnc3c(Nc4ccc(C(=O)NCCOCCN)cc4)nccn23)cc1.Cl. The van der Waals surface area contributed by atoms with E-state index < -0.39 is 0 Å². The van der Waals surface area contributed by atoms with Crippen molar-refractivity contribution in [1.82, 2.24) is 19.7 Å². The first kappa shape index (κ1) is 25.0. The molecule has 2 aromatic heterocycles. The summed E-state index contributed by atoms with van der Waals surface area (Å²) in [5.74, 6) is 1.26. The minimum atomic E-state index is -0.157. The number of nitrogens with two attached hydrogens (primary N) is 1. The van der Waals surface area contributed by atoms with Crippen LogP contribution < -0.4 is 21.1 Å². The van der Waals surface area contributed by atoms with E-state index in [2.05, 4.69) is 20.6 Å². The molecule has 0 spiro atoms. The lowest BCUT2D eigenvalue weighted by atomic mass is 10.1. The molecule has 0 saturated carbocycles. The summed E-state index contributed by atoms with van der Waals surface area (Å²) in [6.45, 7) is 1.81. The molecule has 0 atom stereocenters. The molecule has 1 amide bonds. The number of rotatable bonds is 10. The van der Waals surface area contributed by atoms with E-state index in [9.17, 15) is 4.79 Å². The lowest BCUT2D eigenvalue weighted by Crippen LogP contribution is -2.27. The third-order valence-corrected chi connectivity index (χ3v) is 5.02. The molecule has 4 aromatic rings. The number of hydrogen-bond acceptors (Lipinski definition) is 7. The Morgan fingerprint density at radius 1 is 1.06 bits per heavy atom. The Bertz CT molecular complexity index is 1210. The standard InChI is InChI=1S/C24H26N6O3.ClH/c1-32-20-8-4-17(5-9-20)21-16-28-23-22(26-11-13-30(21)23)29-19-6-2-18(3-7-19)24(31)27-12-15-33-14-10-25;/h2-9,11,13,16H,10,12,14-15,25H2,1H3,(H,26,29)(H,27,31);1H. The lowest BCUT2D eigenvalue weighted by Gasteiger charge is -2.09. The summed E-state index contributed by atoms with van der Waals surface area (Å²) < 4.78 is 12.5. The Morgan fingerprint density at radius 2 is 1.82 bits per heavy atom. The molecule has 0 aliphatic carbocycles. The van der Waals surface area contributed by atoms with Crippen LogP contribution in [0.4, 0.5) is 11.5 Å². The van der Waals surface area contributed by atoms with Crippen LogP contribution in [0.25, 0.3) is 16.9 Å². The zero-order valence-corrected chi connectivity index (χ0v) is 19.5. The van der Waals surface area contributed by atoms with Crippen molar-refractivity contribution in [3.63, 3.8) is 0 Å². The smallest absolute Gasteiger partial charge is 0.251 e. The highest BCUT2D eigenvalue weighted by molar-refractivity contribution is 5.94. The number of imidazole rings is 1. The maximum atomic E-state index is 12.3. The highest BCUT2D eigenvalue weighted by Gasteiger charge is 2.11. The number of hydrogen-bond donors (Lipinski definition) is 3. The molecule has 0 aliphatic heterocycles. The quantitative estimate of drug-likeness (QED) is 0.297. The van der Waals surface area contributed by atoms with Gasteiger partial charge in [0.25, 0.3) is 5.91 Å². The van der Waals surface area contributed by atoms with E-state index >= 15 is 0 Å². The number of ether oxygens (including phenoxy) is 2. The molecule has 4 rings (SSSR count). The third-order valence-electron chi connectivity index (χ3n) is 5.02. The second-order valence-corrected chi connectivity index (χ2v) is 7.20. The number of anilines is 2. The number of nitrogens with one attached hydrogen (secondary N) is 2. The van der Waals surface area contributed by atoms with Crippen LogP contribution in [0.2, 0.25) is 0 Å². The highest BCUT2D eigenvalue weighted by Crippen LogP contribution is 2.26. The molecular formula is C24H27ClN6O3. The van der Waals surface area contributed by atoms with Crippen molar-refractivity contribution in [2.45, 2.75) is 0 Å². The van der Waals surface area contributed by atoms with E-state index in [-0.39, 0.29) is 18.3 Å². The van der Waals surface area contributed by atoms with Crippen molar-refractivity contribution in [3.05, 3.63) is 72.7 Å². The fourth-order valence-electron chi connectivity index (χ4n) is 3.35. The summed E-state index contributed by atoms with van der Waals surface area (Å²) in [7, 11) is 1.64.